The van der Waals surface area contributed by atoms with Gasteiger partial charge in [-0.25, -0.2) is 4.98 Å². The minimum Gasteiger partial charge on any atom is -0.493 e. The number of aromatic amines is 1. The third-order valence-electron chi connectivity index (χ3n) is 3.57. The molecule has 1 heterocycles. The monoisotopic (exact) mass is 313 g/mol. The van der Waals surface area contributed by atoms with Gasteiger partial charge in [-0.1, -0.05) is 0 Å². The van der Waals surface area contributed by atoms with E-state index in [9.17, 15) is 0 Å². The molecule has 0 saturated carbocycles. The van der Waals surface area contributed by atoms with Crippen molar-refractivity contribution in [2.45, 2.75) is 6.92 Å². The number of aromatic nitrogens is 2. The quantitative estimate of drug-likeness (QED) is 0.707. The van der Waals surface area contributed by atoms with Gasteiger partial charge in [0.25, 0.3) is 0 Å². The number of rotatable bonds is 5. The molecule has 6 nitrogen and oxygen atoms in total. The molecule has 0 spiro atoms. The Bertz CT molecular complexity index is 801. The second-order valence-electron chi connectivity index (χ2n) is 5.00. The van der Waals surface area contributed by atoms with Gasteiger partial charge in [0.15, 0.2) is 11.5 Å². The highest BCUT2D eigenvalue weighted by atomic mass is 16.5. The molecule has 6 heteroatoms. The smallest absolute Gasteiger partial charge is 0.163 e. The number of hydrogen-bond donors (Lipinski definition) is 2. The summed E-state index contributed by atoms with van der Waals surface area (Å²) in [6.07, 6.45) is 0. The molecule has 3 N–H and O–H groups in total. The Morgan fingerprint density at radius 1 is 1.04 bits per heavy atom. The van der Waals surface area contributed by atoms with Crippen LogP contribution < -0.4 is 19.9 Å². The maximum absolute atomic E-state index is 6.02. The van der Waals surface area contributed by atoms with Crippen LogP contribution in [0.15, 0.2) is 30.3 Å². The first kappa shape index (κ1) is 15.0. The second-order valence-corrected chi connectivity index (χ2v) is 5.00. The largest absolute Gasteiger partial charge is 0.493 e. The van der Waals surface area contributed by atoms with E-state index in [0.29, 0.717) is 29.5 Å². The Balaban J connectivity index is 2.05. The van der Waals surface area contributed by atoms with E-state index in [1.807, 2.05) is 37.3 Å². The van der Waals surface area contributed by atoms with E-state index in [-0.39, 0.29) is 0 Å². The lowest BCUT2D eigenvalue weighted by Crippen LogP contribution is -1.97. The van der Waals surface area contributed by atoms with Crippen molar-refractivity contribution >= 4 is 16.7 Å². The molecule has 3 rings (SSSR count). The molecule has 0 atom stereocenters. The van der Waals surface area contributed by atoms with Crippen molar-refractivity contribution in [2.75, 3.05) is 26.6 Å². The van der Waals surface area contributed by atoms with Crippen LogP contribution in [0.2, 0.25) is 0 Å². The van der Waals surface area contributed by atoms with Crippen molar-refractivity contribution in [1.29, 1.82) is 0 Å². The number of anilines is 1. The predicted molar refractivity (Wildman–Crippen MR) is 90.2 cm³/mol. The van der Waals surface area contributed by atoms with E-state index in [4.69, 9.17) is 19.9 Å². The number of nitrogen functional groups attached to an aromatic ring is 1. The van der Waals surface area contributed by atoms with Gasteiger partial charge >= 0.3 is 0 Å². The highest BCUT2D eigenvalue weighted by Gasteiger charge is 2.12. The first-order valence-electron chi connectivity index (χ1n) is 7.30. The lowest BCUT2D eigenvalue weighted by molar-refractivity contribution is 0.342. The van der Waals surface area contributed by atoms with Crippen LogP contribution in [0.1, 0.15) is 6.92 Å². The summed E-state index contributed by atoms with van der Waals surface area (Å²) < 4.78 is 16.1. The first-order chi connectivity index (χ1) is 11.2. The van der Waals surface area contributed by atoms with Crippen LogP contribution in [0.4, 0.5) is 5.69 Å². The van der Waals surface area contributed by atoms with Crippen molar-refractivity contribution in [3.63, 3.8) is 0 Å². The summed E-state index contributed by atoms with van der Waals surface area (Å²) >= 11 is 0. The molecular formula is C17H19N3O3. The van der Waals surface area contributed by atoms with Gasteiger partial charge < -0.3 is 24.9 Å². The van der Waals surface area contributed by atoms with Gasteiger partial charge in [-0.05, 0) is 25.1 Å². The fraction of sp³-hybridized carbons (Fsp3) is 0.235. The summed E-state index contributed by atoms with van der Waals surface area (Å²) in [6.45, 7) is 2.50. The van der Waals surface area contributed by atoms with Gasteiger partial charge in [-0.15, -0.1) is 0 Å². The topological polar surface area (TPSA) is 82.4 Å². The Morgan fingerprint density at radius 2 is 1.78 bits per heavy atom. The summed E-state index contributed by atoms with van der Waals surface area (Å²) in [6, 6.07) is 9.32. The van der Waals surface area contributed by atoms with Crippen LogP contribution in [-0.4, -0.2) is 30.8 Å². The predicted octanol–water partition coefficient (Wildman–Crippen LogP) is 3.23. The lowest BCUT2D eigenvalue weighted by atomic mass is 10.2. The van der Waals surface area contributed by atoms with Gasteiger partial charge in [0.2, 0.25) is 0 Å². The van der Waals surface area contributed by atoms with E-state index < -0.39 is 0 Å². The first-order valence-corrected chi connectivity index (χ1v) is 7.30. The number of nitrogens with two attached hydrogens (primary N) is 1. The van der Waals surface area contributed by atoms with Crippen molar-refractivity contribution in [1.82, 2.24) is 9.97 Å². The minimum absolute atomic E-state index is 0.577. The van der Waals surface area contributed by atoms with Gasteiger partial charge in [0.1, 0.15) is 11.6 Å². The highest BCUT2D eigenvalue weighted by Crippen LogP contribution is 2.33. The molecule has 0 bridgehead atoms. The highest BCUT2D eigenvalue weighted by molar-refractivity contribution is 5.83. The molecule has 0 aliphatic carbocycles. The maximum Gasteiger partial charge on any atom is 0.163 e. The van der Waals surface area contributed by atoms with E-state index in [0.717, 1.165) is 22.4 Å². The average molecular weight is 313 g/mol. The van der Waals surface area contributed by atoms with Gasteiger partial charge in [0, 0.05) is 17.7 Å². The third kappa shape index (κ3) is 2.75. The zero-order valence-corrected chi connectivity index (χ0v) is 13.3. The number of H-pyrrole nitrogens is 1. The summed E-state index contributed by atoms with van der Waals surface area (Å²) in [7, 11) is 3.21. The number of fused-ring (bicyclic) bond motifs is 1. The van der Waals surface area contributed by atoms with Crippen LogP contribution in [0.25, 0.3) is 22.4 Å². The van der Waals surface area contributed by atoms with Crippen LogP contribution in [0, 0.1) is 0 Å². The minimum atomic E-state index is 0.577. The number of ether oxygens (including phenoxy) is 3. The number of imidazole rings is 1. The molecule has 3 aromatic rings. The molecule has 0 fully saturated rings. The second kappa shape index (κ2) is 6.08. The van der Waals surface area contributed by atoms with Crippen molar-refractivity contribution in [3.8, 4) is 28.6 Å². The molecule has 2 aromatic carbocycles. The zero-order chi connectivity index (χ0) is 16.4. The van der Waals surface area contributed by atoms with Crippen molar-refractivity contribution < 1.29 is 14.2 Å². The molecule has 120 valence electrons. The van der Waals surface area contributed by atoms with Crippen LogP contribution in [0.3, 0.4) is 0 Å². The summed E-state index contributed by atoms with van der Waals surface area (Å²) in [5.41, 5.74) is 9.16. The molecule has 0 saturated heterocycles. The standard InChI is InChI=1S/C17H19N3O3/c1-4-23-14-6-5-10(7-11(14)18)17-19-12-8-15(21-2)16(22-3)9-13(12)20-17/h5-9H,4,18H2,1-3H3,(H,19,20). The average Bonchev–Trinajstić information content (AvgIpc) is 2.98. The third-order valence-corrected chi connectivity index (χ3v) is 3.57. The molecular weight excluding hydrogens is 294 g/mol. The number of nitrogens with zero attached hydrogens (tertiary/aromatic N) is 1. The Kier molecular flexibility index (Phi) is 3.97. The summed E-state index contributed by atoms with van der Waals surface area (Å²) in [5.74, 6) is 2.70. The molecule has 0 amide bonds. The lowest BCUT2D eigenvalue weighted by Gasteiger charge is -2.07. The fourth-order valence-electron chi connectivity index (χ4n) is 2.46. The maximum atomic E-state index is 6.02. The van der Waals surface area contributed by atoms with Crippen molar-refractivity contribution in [2.24, 2.45) is 0 Å². The SMILES string of the molecule is CCOc1ccc(-c2nc3cc(OC)c(OC)cc3[nH]2)cc1N. The molecule has 1 aromatic heterocycles. The number of nitrogens with one attached hydrogen (secondary N) is 1. The van der Waals surface area contributed by atoms with E-state index in [1.165, 1.54) is 0 Å². The summed E-state index contributed by atoms with van der Waals surface area (Å²) in [4.78, 5) is 7.87. The normalized spacial score (nSPS) is 10.7. The van der Waals surface area contributed by atoms with Gasteiger partial charge in [-0.3, -0.25) is 0 Å². The molecule has 0 unspecified atom stereocenters. The van der Waals surface area contributed by atoms with Crippen molar-refractivity contribution in [3.05, 3.63) is 30.3 Å². The fourth-order valence-corrected chi connectivity index (χ4v) is 2.46. The number of hydrogen-bond acceptors (Lipinski definition) is 5. The molecule has 0 aliphatic rings. The van der Waals surface area contributed by atoms with Gasteiger partial charge in [-0.2, -0.15) is 0 Å². The Labute approximate surface area is 134 Å². The molecule has 0 aliphatic heterocycles. The van der Waals surface area contributed by atoms with Crippen LogP contribution >= 0.6 is 0 Å². The van der Waals surface area contributed by atoms with Crippen LogP contribution in [-0.2, 0) is 0 Å². The molecule has 0 radical (unpaired) electrons. The Hall–Kier alpha value is -2.89. The van der Waals surface area contributed by atoms with Crippen LogP contribution in [0.5, 0.6) is 17.2 Å². The summed E-state index contributed by atoms with van der Waals surface area (Å²) in [5, 5.41) is 0. The molecule has 23 heavy (non-hydrogen) atoms. The number of benzene rings is 2. The van der Waals surface area contributed by atoms with E-state index in [1.54, 1.807) is 14.2 Å². The number of methoxy groups -OCH3 is 2. The van der Waals surface area contributed by atoms with Gasteiger partial charge in [0.05, 0.1) is 37.5 Å². The van der Waals surface area contributed by atoms with E-state index >= 15 is 0 Å². The zero-order valence-electron chi connectivity index (χ0n) is 13.3. The Morgan fingerprint density at radius 3 is 2.43 bits per heavy atom. The van der Waals surface area contributed by atoms with E-state index in [2.05, 4.69) is 9.97 Å².